The minimum Gasteiger partial charge on any atom is -0.344 e. The molecule has 0 aliphatic carbocycles. The lowest BCUT2D eigenvalue weighted by Gasteiger charge is -2.00. The minimum atomic E-state index is 0.676. The lowest BCUT2D eigenvalue weighted by molar-refractivity contribution is 0.842. The van der Waals surface area contributed by atoms with Crippen LogP contribution in [0.5, 0.6) is 0 Å². The lowest BCUT2D eigenvalue weighted by Crippen LogP contribution is -1.92. The molecular weight excluding hydrogens is 204 g/mol. The maximum absolute atomic E-state index is 4.25. The fourth-order valence-corrected chi connectivity index (χ4v) is 2.04. The Bertz CT molecular complexity index is 743. The van der Waals surface area contributed by atoms with Crippen molar-refractivity contribution in [3.05, 3.63) is 30.6 Å². The molecular formula is C10H6N6. The lowest BCUT2D eigenvalue weighted by atomic mass is 10.2. The molecule has 1 N–H and O–H groups in total. The first-order chi connectivity index (χ1) is 7.95. The largest absolute Gasteiger partial charge is 0.344 e. The number of H-pyrrole nitrogens is 1. The number of aromatic nitrogens is 6. The quantitative estimate of drug-likeness (QED) is 0.472. The Hall–Kier alpha value is -2.50. The average Bonchev–Trinajstić information content (AvgIpc) is 2.98. The summed E-state index contributed by atoms with van der Waals surface area (Å²) in [5.74, 6) is 0. The first-order valence-electron chi connectivity index (χ1n) is 4.87. The van der Waals surface area contributed by atoms with Gasteiger partial charge in [0.25, 0.3) is 0 Å². The van der Waals surface area contributed by atoms with E-state index in [9.17, 15) is 0 Å². The van der Waals surface area contributed by atoms with E-state index in [4.69, 9.17) is 0 Å². The van der Waals surface area contributed by atoms with Gasteiger partial charge in [0.2, 0.25) is 5.65 Å². The zero-order chi connectivity index (χ0) is 10.5. The van der Waals surface area contributed by atoms with Crippen LogP contribution in [0.15, 0.2) is 30.6 Å². The van der Waals surface area contributed by atoms with Crippen molar-refractivity contribution < 1.29 is 0 Å². The van der Waals surface area contributed by atoms with Gasteiger partial charge in [-0.2, -0.15) is 4.52 Å². The van der Waals surface area contributed by atoms with E-state index in [-0.39, 0.29) is 0 Å². The molecule has 0 spiro atoms. The van der Waals surface area contributed by atoms with Crippen molar-refractivity contribution in [1.82, 2.24) is 30.0 Å². The molecule has 6 heteroatoms. The molecule has 1 aromatic carbocycles. The highest BCUT2D eigenvalue weighted by Gasteiger charge is 2.11. The van der Waals surface area contributed by atoms with Crippen LogP contribution in [0, 0.1) is 0 Å². The Morgan fingerprint density at radius 1 is 1.19 bits per heavy atom. The third-order valence-electron chi connectivity index (χ3n) is 2.72. The van der Waals surface area contributed by atoms with Crippen LogP contribution >= 0.6 is 0 Å². The van der Waals surface area contributed by atoms with Gasteiger partial charge in [-0.05, 0) is 16.5 Å². The predicted octanol–water partition coefficient (Wildman–Crippen LogP) is 1.15. The van der Waals surface area contributed by atoms with Crippen molar-refractivity contribution >= 4 is 27.6 Å². The van der Waals surface area contributed by atoms with Gasteiger partial charge >= 0.3 is 0 Å². The molecule has 0 amide bonds. The molecule has 0 saturated carbocycles. The SMILES string of the molecule is c1ccc2c(c1)c1[nH]cnc1c1nnnn21. The predicted molar refractivity (Wildman–Crippen MR) is 57.9 cm³/mol. The molecule has 0 aliphatic heterocycles. The third kappa shape index (κ3) is 0.773. The number of hydrogen-bond donors (Lipinski definition) is 1. The van der Waals surface area contributed by atoms with Gasteiger partial charge in [-0.25, -0.2) is 4.98 Å². The fourth-order valence-electron chi connectivity index (χ4n) is 2.04. The summed E-state index contributed by atoms with van der Waals surface area (Å²) in [6, 6.07) is 7.96. The molecule has 0 aliphatic rings. The summed E-state index contributed by atoms with van der Waals surface area (Å²) in [4.78, 5) is 7.37. The van der Waals surface area contributed by atoms with Gasteiger partial charge in [-0.3, -0.25) is 0 Å². The van der Waals surface area contributed by atoms with Gasteiger partial charge < -0.3 is 4.98 Å². The molecule has 0 fully saturated rings. The number of benzene rings is 1. The van der Waals surface area contributed by atoms with E-state index in [2.05, 4.69) is 25.5 Å². The molecule has 0 atom stereocenters. The second-order valence-corrected chi connectivity index (χ2v) is 3.56. The normalized spacial score (nSPS) is 11.8. The molecule has 3 aromatic heterocycles. The van der Waals surface area contributed by atoms with E-state index in [0.717, 1.165) is 21.9 Å². The highest BCUT2D eigenvalue weighted by molar-refractivity contribution is 6.07. The smallest absolute Gasteiger partial charge is 0.207 e. The summed E-state index contributed by atoms with van der Waals surface area (Å²) in [6.45, 7) is 0. The highest BCUT2D eigenvalue weighted by Crippen LogP contribution is 2.24. The Morgan fingerprint density at radius 2 is 2.12 bits per heavy atom. The van der Waals surface area contributed by atoms with Crippen LogP contribution < -0.4 is 0 Å². The Kier molecular flexibility index (Phi) is 1.23. The van der Waals surface area contributed by atoms with Gasteiger partial charge in [0.05, 0.1) is 17.4 Å². The number of rotatable bonds is 0. The number of imidazole rings is 1. The van der Waals surface area contributed by atoms with Crippen LogP contribution in [0.1, 0.15) is 0 Å². The molecule has 0 saturated heterocycles. The zero-order valence-electron chi connectivity index (χ0n) is 8.12. The van der Waals surface area contributed by atoms with Gasteiger partial charge in [0.1, 0.15) is 5.52 Å². The summed E-state index contributed by atoms with van der Waals surface area (Å²) < 4.78 is 1.71. The van der Waals surface area contributed by atoms with Crippen LogP contribution in [0.4, 0.5) is 0 Å². The van der Waals surface area contributed by atoms with E-state index in [1.54, 1.807) is 10.8 Å². The van der Waals surface area contributed by atoms with Crippen LogP contribution in [-0.4, -0.2) is 30.0 Å². The van der Waals surface area contributed by atoms with E-state index in [1.165, 1.54) is 0 Å². The number of fused-ring (bicyclic) bond motifs is 6. The molecule has 4 aromatic rings. The summed E-state index contributed by atoms with van der Waals surface area (Å²) in [7, 11) is 0. The summed E-state index contributed by atoms with van der Waals surface area (Å²) in [6.07, 6.45) is 1.66. The summed E-state index contributed by atoms with van der Waals surface area (Å²) in [5, 5.41) is 12.7. The van der Waals surface area contributed by atoms with Gasteiger partial charge in [-0.1, -0.05) is 18.2 Å². The first kappa shape index (κ1) is 7.75. The molecule has 0 unspecified atom stereocenters. The van der Waals surface area contributed by atoms with Gasteiger partial charge in [-0.15, -0.1) is 5.10 Å². The Balaban J connectivity index is 2.51. The van der Waals surface area contributed by atoms with Crippen molar-refractivity contribution in [2.45, 2.75) is 0 Å². The number of para-hydroxylation sites is 1. The molecule has 76 valence electrons. The topological polar surface area (TPSA) is 71.8 Å². The van der Waals surface area contributed by atoms with Gasteiger partial charge in [0, 0.05) is 5.39 Å². The number of tetrazole rings is 1. The number of nitrogens with zero attached hydrogens (tertiary/aromatic N) is 5. The summed E-state index contributed by atoms with van der Waals surface area (Å²) >= 11 is 0. The highest BCUT2D eigenvalue weighted by atomic mass is 15.5. The average molecular weight is 210 g/mol. The standard InChI is InChI=1S/C10H6N6/c1-2-4-7-6(3-1)8-9(12-5-11-8)10-13-14-15-16(7)10/h1-5H,(H,11,12). The van der Waals surface area contributed by atoms with Crippen molar-refractivity contribution in [3.8, 4) is 0 Å². The van der Waals surface area contributed by atoms with E-state index in [0.29, 0.717) is 5.65 Å². The Labute approximate surface area is 88.9 Å². The van der Waals surface area contributed by atoms with Crippen molar-refractivity contribution in [2.75, 3.05) is 0 Å². The van der Waals surface area contributed by atoms with Crippen molar-refractivity contribution in [3.63, 3.8) is 0 Å². The van der Waals surface area contributed by atoms with Crippen molar-refractivity contribution in [2.24, 2.45) is 0 Å². The molecule has 0 bridgehead atoms. The second-order valence-electron chi connectivity index (χ2n) is 3.56. The minimum absolute atomic E-state index is 0.676. The van der Waals surface area contributed by atoms with Crippen LogP contribution in [0.25, 0.3) is 27.6 Å². The van der Waals surface area contributed by atoms with Crippen molar-refractivity contribution in [1.29, 1.82) is 0 Å². The second kappa shape index (κ2) is 2.54. The van der Waals surface area contributed by atoms with E-state index >= 15 is 0 Å². The van der Waals surface area contributed by atoms with E-state index in [1.807, 2.05) is 24.3 Å². The van der Waals surface area contributed by atoms with Crippen LogP contribution in [0.3, 0.4) is 0 Å². The Morgan fingerprint density at radius 3 is 3.12 bits per heavy atom. The van der Waals surface area contributed by atoms with E-state index < -0.39 is 0 Å². The molecule has 16 heavy (non-hydrogen) atoms. The number of hydrogen-bond acceptors (Lipinski definition) is 4. The molecule has 3 heterocycles. The maximum Gasteiger partial charge on any atom is 0.207 e. The van der Waals surface area contributed by atoms with Crippen LogP contribution in [0.2, 0.25) is 0 Å². The van der Waals surface area contributed by atoms with Gasteiger partial charge in [0.15, 0.2) is 0 Å². The fraction of sp³-hybridized carbons (Fsp3) is 0. The number of nitrogens with one attached hydrogen (secondary N) is 1. The molecule has 6 nitrogen and oxygen atoms in total. The number of aromatic amines is 1. The third-order valence-corrected chi connectivity index (χ3v) is 2.72. The molecule has 4 rings (SSSR count). The summed E-state index contributed by atoms with van der Waals surface area (Å²) in [5.41, 5.74) is 3.41. The van der Waals surface area contributed by atoms with Crippen LogP contribution in [-0.2, 0) is 0 Å². The molecule has 0 radical (unpaired) electrons. The maximum atomic E-state index is 4.25. The number of pyridine rings is 1. The monoisotopic (exact) mass is 210 g/mol. The first-order valence-corrected chi connectivity index (χ1v) is 4.87. The zero-order valence-corrected chi connectivity index (χ0v) is 8.12.